The van der Waals surface area contributed by atoms with E-state index in [1.165, 1.54) is 41.5 Å². The van der Waals surface area contributed by atoms with E-state index in [1.54, 1.807) is 23.8 Å². The molecule has 2 aromatic rings. The van der Waals surface area contributed by atoms with Crippen molar-refractivity contribution in [3.8, 4) is 22.3 Å². The van der Waals surface area contributed by atoms with Gasteiger partial charge in [-0.25, -0.2) is 4.98 Å². The smallest absolute Gasteiger partial charge is 0.472 e. The van der Waals surface area contributed by atoms with Gasteiger partial charge in [0.2, 0.25) is 0 Å². The van der Waals surface area contributed by atoms with Gasteiger partial charge in [0.15, 0.2) is 0 Å². The Morgan fingerprint density at radius 1 is 1.14 bits per heavy atom. The largest absolute Gasteiger partial charge is 0.516 e. The minimum absolute atomic E-state index is 0.0541. The van der Waals surface area contributed by atoms with E-state index < -0.39 is 15.5 Å². The molecule has 1 aromatic heterocycles. The third kappa shape index (κ3) is 4.47. The van der Waals surface area contributed by atoms with Gasteiger partial charge in [-0.3, -0.25) is 14.1 Å². The van der Waals surface area contributed by atoms with Crippen molar-refractivity contribution in [2.45, 2.75) is 32.3 Å². The summed E-state index contributed by atoms with van der Waals surface area (Å²) in [7, 11) is -5.67. The number of para-hydroxylation sites is 1. The van der Waals surface area contributed by atoms with Gasteiger partial charge in [0.05, 0.1) is 24.8 Å². The Bertz CT molecular complexity index is 1540. The Labute approximate surface area is 207 Å². The van der Waals surface area contributed by atoms with Crippen LogP contribution in [0.2, 0.25) is 0 Å². The zero-order chi connectivity index (χ0) is 25.5. The number of nitrogens with one attached hydrogen (secondary N) is 1. The summed E-state index contributed by atoms with van der Waals surface area (Å²) < 4.78 is 72.1. The summed E-state index contributed by atoms with van der Waals surface area (Å²) in [5, 5.41) is 0. The molecule has 7 nitrogen and oxygen atoms in total. The van der Waals surface area contributed by atoms with Crippen molar-refractivity contribution in [3.63, 3.8) is 0 Å². The maximum atomic E-state index is 13.1. The number of aromatic nitrogens is 2. The third-order valence-electron chi connectivity index (χ3n) is 5.55. The number of nitrogens with zero attached hydrogens (tertiary/aromatic N) is 2. The molecule has 1 aromatic carbocycles. The van der Waals surface area contributed by atoms with Gasteiger partial charge in [-0.15, -0.1) is 0 Å². The van der Waals surface area contributed by atoms with Crippen LogP contribution >= 0.6 is 15.9 Å². The monoisotopic (exact) mass is 569 g/mol. The van der Waals surface area contributed by atoms with Crippen molar-refractivity contribution in [1.82, 2.24) is 9.55 Å². The van der Waals surface area contributed by atoms with E-state index in [0.717, 1.165) is 0 Å². The van der Waals surface area contributed by atoms with Crippen LogP contribution in [0.25, 0.3) is 22.3 Å². The fourth-order valence-corrected chi connectivity index (χ4v) is 5.21. The number of aryl methyl sites for hydroxylation is 2. The lowest BCUT2D eigenvalue weighted by Gasteiger charge is -2.17. The summed E-state index contributed by atoms with van der Waals surface area (Å²) in [6.45, 7) is 3.55. The summed E-state index contributed by atoms with van der Waals surface area (Å²) in [4.78, 5) is 17.3. The third-order valence-corrected chi connectivity index (χ3v) is 7.47. The molecule has 2 heterocycles. The van der Waals surface area contributed by atoms with Gasteiger partial charge in [0.1, 0.15) is 5.82 Å². The van der Waals surface area contributed by atoms with E-state index in [0.29, 0.717) is 44.5 Å². The minimum Gasteiger partial charge on any atom is -0.472 e. The maximum Gasteiger partial charge on any atom is 0.516 e. The Kier molecular flexibility index (Phi) is 6.54. The lowest BCUT2D eigenvalue weighted by molar-refractivity contribution is -0.0429. The second-order valence-electron chi connectivity index (χ2n) is 7.75. The summed E-state index contributed by atoms with van der Waals surface area (Å²) in [6.07, 6.45) is 4.88. The molecule has 1 aliphatic carbocycles. The second kappa shape index (κ2) is 9.15. The molecule has 184 valence electrons. The zero-order valence-electron chi connectivity index (χ0n) is 18.5. The van der Waals surface area contributed by atoms with Gasteiger partial charge in [-0.05, 0) is 46.1 Å². The fourth-order valence-electron chi connectivity index (χ4n) is 3.87. The highest BCUT2D eigenvalue weighted by molar-refractivity contribution is 9.10. The number of benzene rings is 1. The Morgan fingerprint density at radius 3 is 2.54 bits per heavy atom. The normalized spacial score (nSPS) is 12.3. The van der Waals surface area contributed by atoms with Crippen molar-refractivity contribution >= 4 is 31.6 Å². The topological polar surface area (TPSA) is 94.2 Å². The average Bonchev–Trinajstić information content (AvgIpc) is 3.08. The van der Waals surface area contributed by atoms with Crippen LogP contribution < -0.4 is 10.3 Å². The van der Waals surface area contributed by atoms with E-state index in [2.05, 4.69) is 20.9 Å². The number of halogens is 4. The van der Waals surface area contributed by atoms with E-state index >= 15 is 0 Å². The van der Waals surface area contributed by atoms with E-state index in [4.69, 9.17) is 4.42 Å². The molecule has 0 saturated heterocycles. The van der Waals surface area contributed by atoms with Crippen LogP contribution in [-0.4, -0.2) is 23.5 Å². The molecule has 4 rings (SSSR count). The maximum absolute atomic E-state index is 13.1. The summed E-state index contributed by atoms with van der Waals surface area (Å²) >= 11 is 3.51. The van der Waals surface area contributed by atoms with Crippen LogP contribution in [0.5, 0.6) is 0 Å². The van der Waals surface area contributed by atoms with E-state index in [9.17, 15) is 26.4 Å². The second-order valence-corrected chi connectivity index (χ2v) is 10.2. The van der Waals surface area contributed by atoms with Crippen LogP contribution in [0, 0.1) is 6.92 Å². The molecule has 35 heavy (non-hydrogen) atoms. The summed E-state index contributed by atoms with van der Waals surface area (Å²) in [5.41, 5.74) is -3.06. The summed E-state index contributed by atoms with van der Waals surface area (Å²) in [6, 6.07) is 7.44. The predicted octanol–water partition coefficient (Wildman–Crippen LogP) is 5.55. The number of alkyl halides is 3. The molecular formula is C23H19BrF3N3O4S. The first kappa shape index (κ1) is 25.0. The van der Waals surface area contributed by atoms with Gasteiger partial charge in [-0.1, -0.05) is 25.1 Å². The standard InChI is InChI=1S/C23H19BrF3N3O4S/c1-3-19-28-10-13(2)22(31)30(19)11-16-14-8-9-34-12-17(14)21(24)20(16)15-6-4-5-7-18(15)29-35(32,33)23(25,26)27/h4-10,12,29H,3,11H2,1-2H3. The molecule has 0 bridgehead atoms. The van der Waals surface area contributed by atoms with Crippen molar-refractivity contribution < 1.29 is 26.0 Å². The first-order valence-corrected chi connectivity index (χ1v) is 12.6. The number of anilines is 1. The Morgan fingerprint density at radius 2 is 1.86 bits per heavy atom. The quantitative estimate of drug-likeness (QED) is 0.328. The van der Waals surface area contributed by atoms with Crippen LogP contribution in [0.1, 0.15) is 23.9 Å². The fraction of sp³-hybridized carbons (Fsp3) is 0.217. The van der Waals surface area contributed by atoms with Crippen molar-refractivity contribution in [3.05, 3.63) is 80.8 Å². The Balaban J connectivity index is 1.98. The molecule has 0 saturated carbocycles. The highest BCUT2D eigenvalue weighted by atomic mass is 79.9. The molecule has 0 fully saturated rings. The molecule has 0 spiro atoms. The number of hydrogen-bond acceptors (Lipinski definition) is 5. The molecule has 0 radical (unpaired) electrons. The van der Waals surface area contributed by atoms with Crippen molar-refractivity contribution in [2.24, 2.45) is 0 Å². The zero-order valence-corrected chi connectivity index (χ0v) is 20.9. The van der Waals surface area contributed by atoms with Crippen molar-refractivity contribution in [2.75, 3.05) is 4.72 Å². The van der Waals surface area contributed by atoms with Gasteiger partial charge in [0, 0.05) is 39.3 Å². The van der Waals surface area contributed by atoms with Crippen LogP contribution in [0.15, 0.2) is 62.7 Å². The number of hydrogen-bond donors (Lipinski definition) is 1. The van der Waals surface area contributed by atoms with Gasteiger partial charge >= 0.3 is 15.5 Å². The molecule has 0 amide bonds. The van der Waals surface area contributed by atoms with E-state index in [-0.39, 0.29) is 23.4 Å². The lowest BCUT2D eigenvalue weighted by atomic mass is 10.0. The van der Waals surface area contributed by atoms with E-state index in [1.807, 2.05) is 6.92 Å². The molecular weight excluding hydrogens is 551 g/mol. The number of sulfonamides is 1. The average molecular weight is 570 g/mol. The first-order chi connectivity index (χ1) is 16.5. The van der Waals surface area contributed by atoms with Crippen LogP contribution in [0.3, 0.4) is 0 Å². The Hall–Kier alpha value is -3.12. The minimum atomic E-state index is -5.67. The SMILES string of the molecule is CCc1ncc(C)c(=O)n1Cc1c2ccocc-2c(Br)c1-c1ccccc1NS(=O)(=O)C(F)(F)F. The predicted molar refractivity (Wildman–Crippen MR) is 129 cm³/mol. The molecule has 0 unspecified atom stereocenters. The highest BCUT2D eigenvalue weighted by Gasteiger charge is 2.46. The molecule has 1 N–H and O–H groups in total. The molecule has 2 aliphatic rings. The molecule has 12 heteroatoms. The first-order valence-electron chi connectivity index (χ1n) is 10.4. The van der Waals surface area contributed by atoms with Gasteiger partial charge in [-0.2, -0.15) is 21.6 Å². The lowest BCUT2D eigenvalue weighted by Crippen LogP contribution is -2.30. The summed E-state index contributed by atoms with van der Waals surface area (Å²) in [5.74, 6) is 0.531. The number of fused-ring (bicyclic) bond motifs is 1. The van der Waals surface area contributed by atoms with Crippen LogP contribution in [-0.2, 0) is 23.0 Å². The highest BCUT2D eigenvalue weighted by Crippen LogP contribution is 2.48. The van der Waals surface area contributed by atoms with Crippen molar-refractivity contribution in [1.29, 1.82) is 0 Å². The number of rotatable bonds is 6. The molecule has 1 aliphatic heterocycles. The molecule has 0 atom stereocenters. The van der Waals surface area contributed by atoms with Gasteiger partial charge < -0.3 is 4.42 Å². The van der Waals surface area contributed by atoms with Gasteiger partial charge in [0.25, 0.3) is 5.56 Å². The van der Waals surface area contributed by atoms with Crippen LogP contribution in [0.4, 0.5) is 18.9 Å².